The molecule has 1 fully saturated rings. The Bertz CT molecular complexity index is 344. The second-order valence-corrected chi connectivity index (χ2v) is 7.04. The van der Waals surface area contributed by atoms with E-state index in [0.29, 0.717) is 24.4 Å². The van der Waals surface area contributed by atoms with Gasteiger partial charge in [-0.15, -0.1) is 0 Å². The Kier molecular flexibility index (Phi) is 5.86. The lowest BCUT2D eigenvalue weighted by molar-refractivity contribution is -0.158. The highest BCUT2D eigenvalue weighted by Gasteiger charge is 2.39. The minimum Gasteiger partial charge on any atom is -0.465 e. The van der Waals surface area contributed by atoms with Gasteiger partial charge in [-0.2, -0.15) is 11.8 Å². The summed E-state index contributed by atoms with van der Waals surface area (Å²) in [4.78, 5) is 26.4. The fourth-order valence-electron chi connectivity index (χ4n) is 2.03. The van der Waals surface area contributed by atoms with Crippen LogP contribution in [-0.2, 0) is 14.3 Å². The molecule has 2 unspecified atom stereocenters. The first-order valence-electron chi connectivity index (χ1n) is 6.86. The highest BCUT2D eigenvalue weighted by molar-refractivity contribution is 8.00. The summed E-state index contributed by atoms with van der Waals surface area (Å²) < 4.78 is 4.98. The lowest BCUT2D eigenvalue weighted by atomic mass is 9.87. The van der Waals surface area contributed by atoms with Crippen molar-refractivity contribution in [1.82, 2.24) is 4.90 Å². The number of esters is 1. The zero-order chi connectivity index (χ0) is 14.6. The average molecular weight is 287 g/mol. The fourth-order valence-corrected chi connectivity index (χ4v) is 3.19. The monoisotopic (exact) mass is 287 g/mol. The SMILES string of the molecule is CCOC(=O)C(C)(C)C(=O)CN1CCSC(C)C1C. The normalized spacial score (nSPS) is 25.1. The summed E-state index contributed by atoms with van der Waals surface area (Å²) in [6.45, 7) is 10.9. The van der Waals surface area contributed by atoms with E-state index in [9.17, 15) is 9.59 Å². The number of hydrogen-bond donors (Lipinski definition) is 0. The van der Waals surface area contributed by atoms with Crippen molar-refractivity contribution in [3.8, 4) is 0 Å². The molecule has 1 heterocycles. The average Bonchev–Trinajstić information content (AvgIpc) is 2.35. The third-order valence-electron chi connectivity index (χ3n) is 3.84. The minimum absolute atomic E-state index is 0.0584. The van der Waals surface area contributed by atoms with Crippen molar-refractivity contribution in [3.63, 3.8) is 0 Å². The molecule has 110 valence electrons. The van der Waals surface area contributed by atoms with Gasteiger partial charge in [-0.3, -0.25) is 14.5 Å². The van der Waals surface area contributed by atoms with Crippen molar-refractivity contribution in [1.29, 1.82) is 0 Å². The summed E-state index contributed by atoms with van der Waals surface area (Å²) in [7, 11) is 0. The van der Waals surface area contributed by atoms with Gasteiger partial charge in [-0.1, -0.05) is 6.92 Å². The van der Waals surface area contributed by atoms with Crippen LogP contribution in [-0.4, -0.2) is 53.4 Å². The molecule has 5 heteroatoms. The van der Waals surface area contributed by atoms with Gasteiger partial charge in [0.15, 0.2) is 5.78 Å². The quantitative estimate of drug-likeness (QED) is 0.571. The molecule has 1 saturated heterocycles. The van der Waals surface area contributed by atoms with Crippen molar-refractivity contribution >= 4 is 23.5 Å². The third kappa shape index (κ3) is 3.96. The van der Waals surface area contributed by atoms with Crippen LogP contribution in [0.15, 0.2) is 0 Å². The molecule has 0 bridgehead atoms. The lowest BCUT2D eigenvalue weighted by Gasteiger charge is -2.38. The number of carbonyl (C=O) groups excluding carboxylic acids is 2. The maximum absolute atomic E-state index is 12.4. The predicted molar refractivity (Wildman–Crippen MR) is 78.4 cm³/mol. The van der Waals surface area contributed by atoms with E-state index in [1.807, 2.05) is 11.8 Å². The number of rotatable bonds is 5. The molecule has 1 aliphatic rings. The van der Waals surface area contributed by atoms with Gasteiger partial charge in [0.2, 0.25) is 0 Å². The molecule has 0 N–H and O–H groups in total. The van der Waals surface area contributed by atoms with Crippen LogP contribution >= 0.6 is 11.8 Å². The molecule has 0 amide bonds. The van der Waals surface area contributed by atoms with Crippen LogP contribution in [0.5, 0.6) is 0 Å². The van der Waals surface area contributed by atoms with Crippen LogP contribution in [0.4, 0.5) is 0 Å². The van der Waals surface area contributed by atoms with Gasteiger partial charge in [-0.05, 0) is 27.7 Å². The summed E-state index contributed by atoms with van der Waals surface area (Å²) in [5.41, 5.74) is -1.05. The molecule has 4 nitrogen and oxygen atoms in total. The van der Waals surface area contributed by atoms with Crippen LogP contribution in [0.25, 0.3) is 0 Å². The van der Waals surface area contributed by atoms with Gasteiger partial charge in [0, 0.05) is 23.6 Å². The highest BCUT2D eigenvalue weighted by atomic mass is 32.2. The molecule has 0 saturated carbocycles. The lowest BCUT2D eigenvalue weighted by Crippen LogP contribution is -2.50. The van der Waals surface area contributed by atoms with Crippen molar-refractivity contribution in [2.75, 3.05) is 25.4 Å². The predicted octanol–water partition coefficient (Wildman–Crippen LogP) is 1.97. The Hall–Kier alpha value is -0.550. The molecular weight excluding hydrogens is 262 g/mol. The van der Waals surface area contributed by atoms with Crippen LogP contribution in [0, 0.1) is 5.41 Å². The van der Waals surface area contributed by atoms with Gasteiger partial charge in [0.1, 0.15) is 5.41 Å². The van der Waals surface area contributed by atoms with Crippen molar-refractivity contribution in [2.24, 2.45) is 5.41 Å². The molecule has 1 rings (SSSR count). The van der Waals surface area contributed by atoms with Gasteiger partial charge in [0.25, 0.3) is 0 Å². The number of nitrogens with zero attached hydrogens (tertiary/aromatic N) is 1. The van der Waals surface area contributed by atoms with E-state index in [0.717, 1.165) is 12.3 Å². The van der Waals surface area contributed by atoms with E-state index >= 15 is 0 Å². The smallest absolute Gasteiger partial charge is 0.319 e. The zero-order valence-corrected chi connectivity index (χ0v) is 13.4. The number of Topliss-reactive ketones (excluding diaryl/α,β-unsaturated/α-hetero) is 1. The molecule has 1 aliphatic heterocycles. The molecule has 2 atom stereocenters. The molecular formula is C14H25NO3S. The van der Waals surface area contributed by atoms with Gasteiger partial charge in [-0.25, -0.2) is 0 Å². The Morgan fingerprint density at radius 2 is 2.00 bits per heavy atom. The fraction of sp³-hybridized carbons (Fsp3) is 0.857. The first-order chi connectivity index (χ1) is 8.80. The maximum atomic E-state index is 12.4. The van der Waals surface area contributed by atoms with Crippen molar-refractivity contribution < 1.29 is 14.3 Å². The van der Waals surface area contributed by atoms with Crippen molar-refractivity contribution in [2.45, 2.75) is 45.9 Å². The minimum atomic E-state index is -1.05. The standard InChI is InChI=1S/C14H25NO3S/c1-6-18-13(17)14(4,5)12(16)9-15-7-8-19-11(3)10(15)2/h10-11H,6-9H2,1-5H3. The summed E-state index contributed by atoms with van der Waals surface area (Å²) in [6, 6.07) is 0.362. The number of ether oxygens (including phenoxy) is 1. The Morgan fingerprint density at radius 3 is 2.58 bits per heavy atom. The highest BCUT2D eigenvalue weighted by Crippen LogP contribution is 2.26. The van der Waals surface area contributed by atoms with E-state index in [1.165, 1.54) is 0 Å². The van der Waals surface area contributed by atoms with E-state index in [1.54, 1.807) is 20.8 Å². The Morgan fingerprint density at radius 1 is 1.37 bits per heavy atom. The van der Waals surface area contributed by atoms with Crippen LogP contribution in [0.3, 0.4) is 0 Å². The van der Waals surface area contributed by atoms with E-state index < -0.39 is 11.4 Å². The third-order valence-corrected chi connectivity index (χ3v) is 5.18. The van der Waals surface area contributed by atoms with Crippen LogP contribution < -0.4 is 0 Å². The molecule has 0 aromatic heterocycles. The van der Waals surface area contributed by atoms with Gasteiger partial charge >= 0.3 is 5.97 Å². The summed E-state index contributed by atoms with van der Waals surface area (Å²) in [6.07, 6.45) is 0. The molecule has 0 aliphatic carbocycles. The van der Waals surface area contributed by atoms with E-state index in [-0.39, 0.29) is 5.78 Å². The topological polar surface area (TPSA) is 46.6 Å². The van der Waals surface area contributed by atoms with Gasteiger partial charge in [0.05, 0.1) is 13.2 Å². The Labute approximate surface area is 120 Å². The molecule has 0 spiro atoms. The Balaban J connectivity index is 2.65. The van der Waals surface area contributed by atoms with E-state index in [2.05, 4.69) is 18.7 Å². The summed E-state index contributed by atoms with van der Waals surface area (Å²) in [5, 5.41) is 0.521. The molecule has 0 radical (unpaired) electrons. The number of hydrogen-bond acceptors (Lipinski definition) is 5. The zero-order valence-electron chi connectivity index (χ0n) is 12.6. The second kappa shape index (κ2) is 6.75. The molecule has 19 heavy (non-hydrogen) atoms. The second-order valence-electron chi connectivity index (χ2n) is 5.56. The summed E-state index contributed by atoms with van der Waals surface area (Å²) >= 11 is 1.93. The van der Waals surface area contributed by atoms with Gasteiger partial charge < -0.3 is 4.74 Å². The van der Waals surface area contributed by atoms with Crippen LogP contribution in [0.1, 0.15) is 34.6 Å². The maximum Gasteiger partial charge on any atom is 0.319 e. The number of thioether (sulfide) groups is 1. The summed E-state index contributed by atoms with van der Waals surface area (Å²) in [5.74, 6) is 0.558. The van der Waals surface area contributed by atoms with Crippen molar-refractivity contribution in [3.05, 3.63) is 0 Å². The molecule has 0 aromatic rings. The van der Waals surface area contributed by atoms with Crippen LogP contribution in [0.2, 0.25) is 0 Å². The molecule has 0 aromatic carbocycles. The number of ketones is 1. The van der Waals surface area contributed by atoms with E-state index in [4.69, 9.17) is 4.74 Å². The first kappa shape index (κ1) is 16.5. The number of carbonyl (C=O) groups is 2. The first-order valence-corrected chi connectivity index (χ1v) is 7.91. The largest absolute Gasteiger partial charge is 0.465 e.